The molecule has 0 aliphatic heterocycles. The second kappa shape index (κ2) is 6.96. The highest BCUT2D eigenvalue weighted by atomic mass is 16.6. The number of hydrogen-bond acceptors (Lipinski definition) is 7. The maximum absolute atomic E-state index is 10.9. The average Bonchev–Trinajstić information content (AvgIpc) is 2.85. The fraction of sp³-hybridized carbons (Fsp3) is 0.385. The lowest BCUT2D eigenvalue weighted by molar-refractivity contribution is -0.384. The van der Waals surface area contributed by atoms with E-state index in [1.807, 2.05) is 19.0 Å². The topological polar surface area (TPSA) is 109 Å². The number of rotatable bonds is 7. The normalized spacial score (nSPS) is 12.4. The second-order valence-electron chi connectivity index (χ2n) is 5.14. The van der Waals surface area contributed by atoms with Crippen LogP contribution in [0.5, 0.6) is 0 Å². The van der Waals surface area contributed by atoms with Gasteiger partial charge in [0, 0.05) is 18.9 Å². The van der Waals surface area contributed by atoms with Gasteiger partial charge in [0.05, 0.1) is 29.5 Å². The Bertz CT molecular complexity index is 642. The number of aromatic nitrogens is 3. The zero-order valence-corrected chi connectivity index (χ0v) is 12.4. The molecule has 0 saturated carbocycles. The molecule has 118 valence electrons. The van der Waals surface area contributed by atoms with Gasteiger partial charge in [0.15, 0.2) is 0 Å². The first-order chi connectivity index (χ1) is 10.5. The van der Waals surface area contributed by atoms with E-state index >= 15 is 0 Å². The van der Waals surface area contributed by atoms with Crippen molar-refractivity contribution in [3.05, 3.63) is 41.0 Å². The molecule has 0 spiro atoms. The summed E-state index contributed by atoms with van der Waals surface area (Å²) in [6.07, 6.45) is 5.35. The highest BCUT2D eigenvalue weighted by Gasteiger charge is 2.14. The molecule has 2 aromatic rings. The molecule has 0 amide bonds. The summed E-state index contributed by atoms with van der Waals surface area (Å²) < 4.78 is 1.59. The van der Waals surface area contributed by atoms with Crippen LogP contribution in [0.2, 0.25) is 0 Å². The van der Waals surface area contributed by atoms with Crippen LogP contribution in [0.3, 0.4) is 0 Å². The smallest absolute Gasteiger partial charge is 0.310 e. The number of anilines is 2. The summed E-state index contributed by atoms with van der Waals surface area (Å²) in [4.78, 5) is 16.1. The summed E-state index contributed by atoms with van der Waals surface area (Å²) in [5.41, 5.74) is 0.836. The number of nitrogens with zero attached hydrogens (tertiary/aromatic N) is 5. The van der Waals surface area contributed by atoms with E-state index in [1.54, 1.807) is 17.1 Å². The Hall–Kier alpha value is -2.52. The minimum Gasteiger partial charge on any atom is -0.390 e. The van der Waals surface area contributed by atoms with Crippen LogP contribution in [-0.4, -0.2) is 56.4 Å². The van der Waals surface area contributed by atoms with Gasteiger partial charge in [-0.15, -0.1) is 0 Å². The Kier molecular flexibility index (Phi) is 5.02. The monoisotopic (exact) mass is 306 g/mol. The van der Waals surface area contributed by atoms with E-state index < -0.39 is 11.0 Å². The van der Waals surface area contributed by atoms with E-state index in [4.69, 9.17) is 0 Å². The predicted molar refractivity (Wildman–Crippen MR) is 81.0 cm³/mol. The van der Waals surface area contributed by atoms with Crippen LogP contribution in [0.25, 0.3) is 0 Å². The van der Waals surface area contributed by atoms with E-state index in [2.05, 4.69) is 15.4 Å². The summed E-state index contributed by atoms with van der Waals surface area (Å²) >= 11 is 0. The van der Waals surface area contributed by atoms with Gasteiger partial charge in [-0.2, -0.15) is 5.10 Å². The molecule has 0 bridgehead atoms. The lowest BCUT2D eigenvalue weighted by Gasteiger charge is -2.15. The van der Waals surface area contributed by atoms with Crippen molar-refractivity contribution >= 4 is 17.1 Å². The van der Waals surface area contributed by atoms with Crippen LogP contribution >= 0.6 is 0 Å². The van der Waals surface area contributed by atoms with Crippen molar-refractivity contribution in [2.45, 2.75) is 12.6 Å². The van der Waals surface area contributed by atoms with Crippen molar-refractivity contribution < 1.29 is 10.0 Å². The summed E-state index contributed by atoms with van der Waals surface area (Å²) in [7, 11) is 3.75. The van der Waals surface area contributed by atoms with Crippen LogP contribution < -0.4 is 5.32 Å². The summed E-state index contributed by atoms with van der Waals surface area (Å²) in [6.45, 7) is 0.872. The fourth-order valence-electron chi connectivity index (χ4n) is 2.02. The zero-order chi connectivity index (χ0) is 16.1. The van der Waals surface area contributed by atoms with Gasteiger partial charge in [-0.3, -0.25) is 19.8 Å². The van der Waals surface area contributed by atoms with Crippen LogP contribution in [-0.2, 0) is 6.54 Å². The number of nitrogens with one attached hydrogen (secondary N) is 1. The minimum absolute atomic E-state index is 0.108. The number of aliphatic hydroxyl groups excluding tert-OH is 1. The molecular weight excluding hydrogens is 288 g/mol. The lowest BCUT2D eigenvalue weighted by atomic mass is 10.3. The quantitative estimate of drug-likeness (QED) is 0.576. The van der Waals surface area contributed by atoms with Crippen LogP contribution in [0.4, 0.5) is 17.1 Å². The van der Waals surface area contributed by atoms with Gasteiger partial charge in [0.1, 0.15) is 11.9 Å². The Morgan fingerprint density at radius 3 is 2.95 bits per heavy atom. The molecule has 22 heavy (non-hydrogen) atoms. The molecule has 2 N–H and O–H groups in total. The molecular formula is C13H18N6O3. The number of pyridine rings is 1. The lowest BCUT2D eigenvalue weighted by Crippen LogP contribution is -2.29. The highest BCUT2D eigenvalue weighted by molar-refractivity contribution is 5.67. The summed E-state index contributed by atoms with van der Waals surface area (Å²) in [6, 6.07) is 1.52. The molecule has 0 fully saturated rings. The van der Waals surface area contributed by atoms with Gasteiger partial charge in [-0.05, 0) is 20.2 Å². The summed E-state index contributed by atoms with van der Waals surface area (Å²) in [5.74, 6) is 0. The number of nitro groups is 1. The molecule has 0 radical (unpaired) electrons. The predicted octanol–water partition coefficient (Wildman–Crippen LogP) is 0.852. The van der Waals surface area contributed by atoms with Crippen molar-refractivity contribution in [1.82, 2.24) is 19.7 Å². The maximum atomic E-state index is 10.9. The van der Waals surface area contributed by atoms with Crippen molar-refractivity contribution in [3.8, 4) is 0 Å². The van der Waals surface area contributed by atoms with Gasteiger partial charge in [-0.25, -0.2) is 0 Å². The standard InChI is InChI=1S/C13H18N6O3/c1-17(2)8-11(20)9-18-7-10(5-15-18)16-12-3-4-14-6-13(12)19(21)22/h3-7,11,20H,8-9H2,1-2H3,(H,14,16)/t11-/m0/s1. The van der Waals surface area contributed by atoms with Crippen LogP contribution in [0, 0.1) is 10.1 Å². The molecule has 2 aromatic heterocycles. The molecule has 0 aromatic carbocycles. The van der Waals surface area contributed by atoms with Gasteiger partial charge in [-0.1, -0.05) is 0 Å². The van der Waals surface area contributed by atoms with Crippen molar-refractivity contribution in [3.63, 3.8) is 0 Å². The van der Waals surface area contributed by atoms with E-state index in [0.717, 1.165) is 0 Å². The van der Waals surface area contributed by atoms with E-state index in [0.29, 0.717) is 24.5 Å². The Morgan fingerprint density at radius 2 is 2.27 bits per heavy atom. The molecule has 0 saturated heterocycles. The van der Waals surface area contributed by atoms with E-state index in [9.17, 15) is 15.2 Å². The number of aliphatic hydroxyl groups is 1. The molecule has 9 heteroatoms. The first-order valence-electron chi connectivity index (χ1n) is 6.66. The van der Waals surface area contributed by atoms with Gasteiger partial charge >= 0.3 is 5.69 Å². The van der Waals surface area contributed by atoms with Gasteiger partial charge in [0.25, 0.3) is 0 Å². The molecule has 1 atom stereocenters. The third kappa shape index (κ3) is 4.24. The van der Waals surface area contributed by atoms with Gasteiger partial charge < -0.3 is 15.3 Å². The first kappa shape index (κ1) is 15.9. The third-order valence-electron chi connectivity index (χ3n) is 2.88. The number of hydrogen-bond donors (Lipinski definition) is 2. The fourth-order valence-corrected chi connectivity index (χ4v) is 2.02. The molecule has 9 nitrogen and oxygen atoms in total. The largest absolute Gasteiger partial charge is 0.390 e. The van der Waals surface area contributed by atoms with Crippen LogP contribution in [0.1, 0.15) is 0 Å². The zero-order valence-electron chi connectivity index (χ0n) is 12.4. The van der Waals surface area contributed by atoms with Crippen molar-refractivity contribution in [1.29, 1.82) is 0 Å². The van der Waals surface area contributed by atoms with Crippen LogP contribution in [0.15, 0.2) is 30.9 Å². The first-order valence-corrected chi connectivity index (χ1v) is 6.66. The average molecular weight is 306 g/mol. The Balaban J connectivity index is 2.05. The summed E-state index contributed by atoms with van der Waals surface area (Å²) in [5, 5.41) is 27.9. The Morgan fingerprint density at radius 1 is 1.50 bits per heavy atom. The third-order valence-corrected chi connectivity index (χ3v) is 2.88. The second-order valence-corrected chi connectivity index (χ2v) is 5.14. The Labute approximate surface area is 127 Å². The van der Waals surface area contributed by atoms with E-state index in [-0.39, 0.29) is 5.69 Å². The SMILES string of the molecule is CN(C)C[C@H](O)Cn1cc(Nc2ccncc2[N+](=O)[O-])cn1. The molecule has 0 aliphatic rings. The van der Waals surface area contributed by atoms with Crippen molar-refractivity contribution in [2.75, 3.05) is 26.0 Å². The maximum Gasteiger partial charge on any atom is 0.310 e. The molecule has 2 rings (SSSR count). The minimum atomic E-state index is -0.544. The molecule has 2 heterocycles. The number of likely N-dealkylation sites (N-methyl/N-ethyl adjacent to an activating group) is 1. The van der Waals surface area contributed by atoms with Crippen molar-refractivity contribution in [2.24, 2.45) is 0 Å². The van der Waals surface area contributed by atoms with E-state index in [1.165, 1.54) is 18.5 Å². The molecule has 0 unspecified atom stereocenters. The van der Waals surface area contributed by atoms with Gasteiger partial charge in [0.2, 0.25) is 0 Å². The molecule has 0 aliphatic carbocycles. The highest BCUT2D eigenvalue weighted by Crippen LogP contribution is 2.25.